The minimum atomic E-state index is 0.250. The third-order valence-corrected chi connectivity index (χ3v) is 6.24. The van der Waals surface area contributed by atoms with Crippen LogP contribution in [0.1, 0.15) is 31.4 Å². The molecular formula is C20H26N4O. The predicted molar refractivity (Wildman–Crippen MR) is 97.2 cm³/mol. The maximum atomic E-state index is 13.0. The lowest BCUT2D eigenvalue weighted by atomic mass is 9.95. The molecular weight excluding hydrogens is 312 g/mol. The van der Waals surface area contributed by atoms with Crippen LogP contribution in [0, 0.1) is 11.8 Å². The number of rotatable bonds is 4. The van der Waals surface area contributed by atoms with Gasteiger partial charge in [-0.1, -0.05) is 18.2 Å². The highest BCUT2D eigenvalue weighted by Crippen LogP contribution is 2.35. The van der Waals surface area contributed by atoms with Gasteiger partial charge in [-0.3, -0.25) is 14.8 Å². The maximum Gasteiger partial charge on any atom is 0.228 e. The number of hydrogen-bond acceptors (Lipinski definition) is 3. The zero-order valence-electron chi connectivity index (χ0n) is 14.7. The number of aromatic nitrogens is 2. The first-order valence-corrected chi connectivity index (χ1v) is 9.70. The van der Waals surface area contributed by atoms with Crippen LogP contribution in [0.2, 0.25) is 0 Å². The summed E-state index contributed by atoms with van der Waals surface area (Å²) in [6, 6.07) is 8.60. The van der Waals surface area contributed by atoms with E-state index in [0.717, 1.165) is 35.6 Å². The second-order valence-corrected chi connectivity index (χ2v) is 8.19. The minimum Gasteiger partial charge on any atom is -0.340 e. The number of piperidine rings is 1. The second kappa shape index (κ2) is 6.13. The van der Waals surface area contributed by atoms with Crippen molar-refractivity contribution in [3.63, 3.8) is 0 Å². The summed E-state index contributed by atoms with van der Waals surface area (Å²) in [7, 11) is 0. The van der Waals surface area contributed by atoms with Crippen molar-refractivity contribution in [3.8, 4) is 0 Å². The molecule has 2 aromatic rings. The van der Waals surface area contributed by atoms with E-state index in [1.54, 1.807) is 0 Å². The first-order chi connectivity index (χ1) is 12.3. The normalized spacial score (nSPS) is 27.0. The smallest absolute Gasteiger partial charge is 0.228 e. The third kappa shape index (κ3) is 3.06. The topological polar surface area (TPSA) is 52.2 Å². The number of fused-ring (bicyclic) bond motifs is 5. The Morgan fingerprint density at radius 2 is 2.00 bits per heavy atom. The van der Waals surface area contributed by atoms with E-state index < -0.39 is 0 Å². The fourth-order valence-corrected chi connectivity index (χ4v) is 4.65. The Hall–Kier alpha value is -1.88. The molecule has 4 aliphatic rings. The van der Waals surface area contributed by atoms with E-state index >= 15 is 0 Å². The lowest BCUT2D eigenvalue weighted by molar-refractivity contribution is -0.130. The molecule has 3 saturated heterocycles. The molecule has 1 N–H and O–H groups in total. The van der Waals surface area contributed by atoms with E-state index in [1.165, 1.54) is 38.8 Å². The quantitative estimate of drug-likeness (QED) is 0.932. The van der Waals surface area contributed by atoms with Crippen LogP contribution in [-0.4, -0.2) is 58.1 Å². The molecule has 6 rings (SSSR count). The predicted octanol–water partition coefficient (Wildman–Crippen LogP) is 2.44. The lowest BCUT2D eigenvalue weighted by Gasteiger charge is -2.36. The summed E-state index contributed by atoms with van der Waals surface area (Å²) in [5.74, 6) is 1.83. The zero-order valence-corrected chi connectivity index (χ0v) is 14.7. The Labute approximate surface area is 148 Å². The van der Waals surface area contributed by atoms with E-state index in [1.807, 2.05) is 24.3 Å². The highest BCUT2D eigenvalue weighted by molar-refractivity contribution is 5.87. The molecule has 1 saturated carbocycles. The molecule has 2 bridgehead atoms. The van der Waals surface area contributed by atoms with Gasteiger partial charge in [0.25, 0.3) is 0 Å². The summed E-state index contributed by atoms with van der Waals surface area (Å²) < 4.78 is 0. The minimum absolute atomic E-state index is 0.250. The van der Waals surface area contributed by atoms with Crippen molar-refractivity contribution in [1.82, 2.24) is 20.0 Å². The van der Waals surface area contributed by atoms with Crippen molar-refractivity contribution in [2.24, 2.45) is 11.8 Å². The molecule has 1 aliphatic carbocycles. The van der Waals surface area contributed by atoms with Gasteiger partial charge in [-0.2, -0.15) is 5.10 Å². The number of para-hydroxylation sites is 1. The molecule has 5 nitrogen and oxygen atoms in total. The number of hydrogen-bond donors (Lipinski definition) is 1. The molecule has 1 amide bonds. The summed E-state index contributed by atoms with van der Waals surface area (Å²) in [5, 5.41) is 8.47. The molecule has 2 atom stereocenters. The molecule has 1 aromatic heterocycles. The average molecular weight is 338 g/mol. The van der Waals surface area contributed by atoms with Crippen molar-refractivity contribution in [3.05, 3.63) is 30.0 Å². The summed E-state index contributed by atoms with van der Waals surface area (Å²) in [4.78, 5) is 17.8. The van der Waals surface area contributed by atoms with Gasteiger partial charge in [0, 0.05) is 37.6 Å². The van der Waals surface area contributed by atoms with Crippen LogP contribution in [0.5, 0.6) is 0 Å². The van der Waals surface area contributed by atoms with Crippen LogP contribution in [0.15, 0.2) is 24.3 Å². The molecule has 132 valence electrons. The first-order valence-electron chi connectivity index (χ1n) is 9.70. The highest BCUT2D eigenvalue weighted by atomic mass is 16.2. The SMILES string of the molecule is O=C(Cc1[nH]nc2ccccc12)N1CC2CCC(C1)N(CC1CC1)C2. The van der Waals surface area contributed by atoms with E-state index in [4.69, 9.17) is 0 Å². The van der Waals surface area contributed by atoms with Gasteiger partial charge in [0.1, 0.15) is 0 Å². The fraction of sp³-hybridized carbons (Fsp3) is 0.600. The van der Waals surface area contributed by atoms with Gasteiger partial charge >= 0.3 is 0 Å². The number of aromatic amines is 1. The van der Waals surface area contributed by atoms with Crippen LogP contribution in [0.4, 0.5) is 0 Å². The zero-order chi connectivity index (χ0) is 16.8. The molecule has 1 aromatic carbocycles. The van der Waals surface area contributed by atoms with Gasteiger partial charge in [-0.25, -0.2) is 0 Å². The van der Waals surface area contributed by atoms with Crippen LogP contribution in [0.25, 0.3) is 10.9 Å². The summed E-state index contributed by atoms with van der Waals surface area (Å²) >= 11 is 0. The Kier molecular flexibility index (Phi) is 3.77. The lowest BCUT2D eigenvalue weighted by Crippen LogP contribution is -2.45. The maximum absolute atomic E-state index is 13.0. The van der Waals surface area contributed by atoms with E-state index in [2.05, 4.69) is 20.0 Å². The molecule has 3 aliphatic heterocycles. The molecule has 0 spiro atoms. The van der Waals surface area contributed by atoms with Crippen LogP contribution in [0.3, 0.4) is 0 Å². The van der Waals surface area contributed by atoms with Crippen LogP contribution < -0.4 is 0 Å². The van der Waals surface area contributed by atoms with Crippen LogP contribution >= 0.6 is 0 Å². The Morgan fingerprint density at radius 1 is 1.12 bits per heavy atom. The average Bonchev–Trinajstić information content (AvgIpc) is 3.41. The number of carbonyl (C=O) groups excluding carboxylic acids is 1. The second-order valence-electron chi connectivity index (χ2n) is 8.19. The molecule has 4 heterocycles. The summed E-state index contributed by atoms with van der Waals surface area (Å²) in [6.07, 6.45) is 5.78. The van der Waals surface area contributed by atoms with Gasteiger partial charge in [-0.05, 0) is 43.6 Å². The molecule has 5 heteroatoms. The molecule has 0 radical (unpaired) electrons. The van der Waals surface area contributed by atoms with Crippen molar-refractivity contribution in [2.75, 3.05) is 26.2 Å². The summed E-state index contributed by atoms with van der Waals surface area (Å²) in [5.41, 5.74) is 1.89. The number of amides is 1. The number of benzene rings is 1. The highest BCUT2D eigenvalue weighted by Gasteiger charge is 2.38. The van der Waals surface area contributed by atoms with E-state index in [0.29, 0.717) is 18.4 Å². The molecule has 4 fully saturated rings. The van der Waals surface area contributed by atoms with Gasteiger partial charge in [-0.15, -0.1) is 0 Å². The summed E-state index contributed by atoms with van der Waals surface area (Å²) in [6.45, 7) is 4.29. The Balaban J connectivity index is 1.30. The van der Waals surface area contributed by atoms with E-state index in [-0.39, 0.29) is 5.91 Å². The number of carbonyl (C=O) groups is 1. The van der Waals surface area contributed by atoms with Gasteiger partial charge < -0.3 is 4.90 Å². The number of nitrogens with zero attached hydrogens (tertiary/aromatic N) is 3. The fourth-order valence-electron chi connectivity index (χ4n) is 4.65. The van der Waals surface area contributed by atoms with Crippen LogP contribution in [-0.2, 0) is 11.2 Å². The number of nitrogens with one attached hydrogen (secondary N) is 1. The van der Waals surface area contributed by atoms with Crippen molar-refractivity contribution in [2.45, 2.75) is 38.1 Å². The standard InChI is InChI=1S/C20H26N4O/c25-20(9-19-17-3-1-2-4-18(17)21-22-19)24-12-15-7-8-16(13-24)23(11-15)10-14-5-6-14/h1-4,14-16H,5-13H2,(H,21,22). The first kappa shape index (κ1) is 15.4. The third-order valence-electron chi connectivity index (χ3n) is 6.24. The van der Waals surface area contributed by atoms with Gasteiger partial charge in [0.05, 0.1) is 17.6 Å². The van der Waals surface area contributed by atoms with Gasteiger partial charge in [0.15, 0.2) is 0 Å². The Morgan fingerprint density at radius 3 is 2.88 bits per heavy atom. The van der Waals surface area contributed by atoms with Crippen molar-refractivity contribution >= 4 is 16.8 Å². The van der Waals surface area contributed by atoms with Crippen molar-refractivity contribution in [1.29, 1.82) is 0 Å². The van der Waals surface area contributed by atoms with Crippen molar-refractivity contribution < 1.29 is 4.79 Å². The number of H-pyrrole nitrogens is 1. The van der Waals surface area contributed by atoms with E-state index in [9.17, 15) is 4.79 Å². The van der Waals surface area contributed by atoms with Gasteiger partial charge in [0.2, 0.25) is 5.91 Å². The Bertz CT molecular complexity index is 781. The largest absolute Gasteiger partial charge is 0.340 e. The molecule has 25 heavy (non-hydrogen) atoms. The molecule has 2 unspecified atom stereocenters. The monoisotopic (exact) mass is 338 g/mol.